The zero-order chi connectivity index (χ0) is 15.2. The first-order valence-corrected chi connectivity index (χ1v) is 8.19. The summed E-state index contributed by atoms with van der Waals surface area (Å²) in [4.78, 5) is 25.2. The summed E-state index contributed by atoms with van der Waals surface area (Å²) in [6.07, 6.45) is 3.09. The SMILES string of the molecule is CCCc1cc(C(=O)OCC)c(NC(=O)[C@H]2CCCO2)s1. The molecular weight excluding hydrogens is 290 g/mol. The van der Waals surface area contributed by atoms with Crippen molar-refractivity contribution in [3.8, 4) is 0 Å². The van der Waals surface area contributed by atoms with Gasteiger partial charge in [-0.15, -0.1) is 11.3 Å². The number of anilines is 1. The lowest BCUT2D eigenvalue weighted by molar-refractivity contribution is -0.124. The van der Waals surface area contributed by atoms with Crippen LogP contribution in [0.25, 0.3) is 0 Å². The van der Waals surface area contributed by atoms with Crippen LogP contribution >= 0.6 is 11.3 Å². The molecule has 1 N–H and O–H groups in total. The Morgan fingerprint density at radius 1 is 1.48 bits per heavy atom. The van der Waals surface area contributed by atoms with Gasteiger partial charge >= 0.3 is 5.97 Å². The van der Waals surface area contributed by atoms with Crippen LogP contribution in [0.3, 0.4) is 0 Å². The molecule has 0 saturated carbocycles. The summed E-state index contributed by atoms with van der Waals surface area (Å²) in [5.41, 5.74) is 0.441. The Morgan fingerprint density at radius 3 is 2.90 bits per heavy atom. The number of rotatable bonds is 6. The molecule has 1 saturated heterocycles. The third-order valence-corrected chi connectivity index (χ3v) is 4.34. The quantitative estimate of drug-likeness (QED) is 0.820. The normalized spacial score (nSPS) is 17.7. The fraction of sp³-hybridized carbons (Fsp3) is 0.600. The molecule has 0 spiro atoms. The molecule has 21 heavy (non-hydrogen) atoms. The van der Waals surface area contributed by atoms with Gasteiger partial charge in [0, 0.05) is 11.5 Å². The maximum Gasteiger partial charge on any atom is 0.341 e. The molecule has 0 aromatic carbocycles. The summed E-state index contributed by atoms with van der Waals surface area (Å²) in [5.74, 6) is -0.568. The van der Waals surface area contributed by atoms with Crippen molar-refractivity contribution in [2.24, 2.45) is 0 Å². The highest BCUT2D eigenvalue weighted by Gasteiger charge is 2.26. The number of thiophene rings is 1. The van der Waals surface area contributed by atoms with Gasteiger partial charge in [0.1, 0.15) is 11.1 Å². The van der Waals surface area contributed by atoms with E-state index in [0.717, 1.165) is 30.6 Å². The molecule has 6 heteroatoms. The molecule has 2 rings (SSSR count). The smallest absolute Gasteiger partial charge is 0.341 e. The van der Waals surface area contributed by atoms with Gasteiger partial charge < -0.3 is 14.8 Å². The minimum absolute atomic E-state index is 0.178. The van der Waals surface area contributed by atoms with Gasteiger partial charge in [-0.25, -0.2) is 4.79 Å². The Bertz CT molecular complexity index is 506. The molecule has 1 amide bonds. The number of esters is 1. The fourth-order valence-electron chi connectivity index (χ4n) is 2.24. The monoisotopic (exact) mass is 311 g/mol. The van der Waals surface area contributed by atoms with E-state index in [-0.39, 0.29) is 5.91 Å². The summed E-state index contributed by atoms with van der Waals surface area (Å²) >= 11 is 1.44. The Balaban J connectivity index is 2.15. The molecular formula is C15H21NO4S. The first-order chi connectivity index (χ1) is 10.2. The Hall–Kier alpha value is -1.40. The number of aryl methyl sites for hydroxylation is 1. The van der Waals surface area contributed by atoms with Crippen molar-refractivity contribution in [2.75, 3.05) is 18.5 Å². The number of carbonyl (C=O) groups is 2. The molecule has 116 valence electrons. The van der Waals surface area contributed by atoms with Crippen molar-refractivity contribution >= 4 is 28.2 Å². The lowest BCUT2D eigenvalue weighted by Crippen LogP contribution is -2.27. The van der Waals surface area contributed by atoms with Crippen molar-refractivity contribution in [3.05, 3.63) is 16.5 Å². The average Bonchev–Trinajstić information content (AvgIpc) is 3.09. The van der Waals surface area contributed by atoms with E-state index < -0.39 is 12.1 Å². The van der Waals surface area contributed by atoms with Crippen molar-refractivity contribution in [1.82, 2.24) is 0 Å². The first-order valence-electron chi connectivity index (χ1n) is 7.38. The van der Waals surface area contributed by atoms with Gasteiger partial charge in [-0.05, 0) is 32.3 Å². The van der Waals surface area contributed by atoms with Crippen molar-refractivity contribution < 1.29 is 19.1 Å². The van der Waals surface area contributed by atoms with E-state index in [1.165, 1.54) is 11.3 Å². The van der Waals surface area contributed by atoms with Gasteiger partial charge in [-0.3, -0.25) is 4.79 Å². The maximum atomic E-state index is 12.1. The van der Waals surface area contributed by atoms with Crippen molar-refractivity contribution in [3.63, 3.8) is 0 Å². The van der Waals surface area contributed by atoms with Crippen LogP contribution in [-0.2, 0) is 20.7 Å². The van der Waals surface area contributed by atoms with Gasteiger partial charge in [0.2, 0.25) is 0 Å². The molecule has 1 atom stereocenters. The third kappa shape index (κ3) is 4.04. The fourth-order valence-corrected chi connectivity index (χ4v) is 3.39. The van der Waals surface area contributed by atoms with Crippen LogP contribution in [0, 0.1) is 0 Å². The Kier molecular flexibility index (Phi) is 5.76. The zero-order valence-corrected chi connectivity index (χ0v) is 13.3. The molecule has 0 unspecified atom stereocenters. The molecule has 0 bridgehead atoms. The minimum Gasteiger partial charge on any atom is -0.462 e. The summed E-state index contributed by atoms with van der Waals surface area (Å²) in [7, 11) is 0. The van der Waals surface area contributed by atoms with E-state index in [4.69, 9.17) is 9.47 Å². The van der Waals surface area contributed by atoms with E-state index in [1.807, 2.05) is 6.07 Å². The predicted molar refractivity (Wildman–Crippen MR) is 81.9 cm³/mol. The van der Waals surface area contributed by atoms with Gasteiger partial charge in [0.05, 0.1) is 12.2 Å². The number of hydrogen-bond acceptors (Lipinski definition) is 5. The number of nitrogens with one attached hydrogen (secondary N) is 1. The number of amides is 1. The molecule has 0 radical (unpaired) electrons. The first kappa shape index (κ1) is 16.0. The van der Waals surface area contributed by atoms with Crippen LogP contribution in [0.15, 0.2) is 6.07 Å². The highest BCUT2D eigenvalue weighted by atomic mass is 32.1. The van der Waals surface area contributed by atoms with Gasteiger partial charge in [0.25, 0.3) is 5.91 Å². The molecule has 1 aromatic rings. The van der Waals surface area contributed by atoms with Gasteiger partial charge in [0.15, 0.2) is 0 Å². The standard InChI is InChI=1S/C15H21NO4S/c1-3-6-10-9-11(15(18)19-4-2)14(21-10)16-13(17)12-7-5-8-20-12/h9,12H,3-8H2,1-2H3,(H,16,17)/t12-/m1/s1. The Morgan fingerprint density at radius 2 is 2.29 bits per heavy atom. The summed E-state index contributed by atoms with van der Waals surface area (Å²) in [5, 5.41) is 3.39. The second kappa shape index (κ2) is 7.56. The van der Waals surface area contributed by atoms with Gasteiger partial charge in [-0.2, -0.15) is 0 Å². The molecule has 0 aliphatic carbocycles. The minimum atomic E-state index is -0.406. The largest absolute Gasteiger partial charge is 0.462 e. The van der Waals surface area contributed by atoms with Crippen LogP contribution in [0.1, 0.15) is 48.3 Å². The number of hydrogen-bond donors (Lipinski definition) is 1. The van der Waals surface area contributed by atoms with E-state index in [9.17, 15) is 9.59 Å². The lowest BCUT2D eigenvalue weighted by atomic mass is 10.2. The summed E-state index contributed by atoms with van der Waals surface area (Å²) < 4.78 is 10.4. The lowest BCUT2D eigenvalue weighted by Gasteiger charge is -2.10. The topological polar surface area (TPSA) is 64.6 Å². The van der Waals surface area contributed by atoms with E-state index in [0.29, 0.717) is 23.8 Å². The van der Waals surface area contributed by atoms with Crippen LogP contribution in [0.5, 0.6) is 0 Å². The van der Waals surface area contributed by atoms with Crippen molar-refractivity contribution in [1.29, 1.82) is 0 Å². The van der Waals surface area contributed by atoms with Crippen LogP contribution < -0.4 is 5.32 Å². The molecule has 1 aliphatic heterocycles. The Labute approximate surface area is 128 Å². The predicted octanol–water partition coefficient (Wildman–Crippen LogP) is 2.99. The molecule has 2 heterocycles. The highest BCUT2D eigenvalue weighted by molar-refractivity contribution is 7.16. The van der Waals surface area contributed by atoms with Crippen LogP contribution in [-0.4, -0.2) is 31.2 Å². The average molecular weight is 311 g/mol. The second-order valence-corrected chi connectivity index (χ2v) is 6.05. The number of ether oxygens (including phenoxy) is 2. The van der Waals surface area contributed by atoms with E-state index in [2.05, 4.69) is 12.2 Å². The van der Waals surface area contributed by atoms with E-state index in [1.54, 1.807) is 6.92 Å². The highest BCUT2D eigenvalue weighted by Crippen LogP contribution is 2.30. The molecule has 5 nitrogen and oxygen atoms in total. The van der Waals surface area contributed by atoms with Crippen LogP contribution in [0.2, 0.25) is 0 Å². The summed E-state index contributed by atoms with van der Waals surface area (Å²) in [6.45, 7) is 4.78. The van der Waals surface area contributed by atoms with Crippen LogP contribution in [0.4, 0.5) is 5.00 Å². The summed E-state index contributed by atoms with van der Waals surface area (Å²) in [6, 6.07) is 1.82. The van der Waals surface area contributed by atoms with Crippen molar-refractivity contribution in [2.45, 2.75) is 45.6 Å². The van der Waals surface area contributed by atoms with Gasteiger partial charge in [-0.1, -0.05) is 13.3 Å². The zero-order valence-electron chi connectivity index (χ0n) is 12.4. The second-order valence-electron chi connectivity index (χ2n) is 4.92. The molecule has 1 aromatic heterocycles. The number of carbonyl (C=O) groups excluding carboxylic acids is 2. The third-order valence-electron chi connectivity index (χ3n) is 3.23. The maximum absolute atomic E-state index is 12.1. The molecule has 1 fully saturated rings. The van der Waals surface area contributed by atoms with E-state index >= 15 is 0 Å². The molecule has 1 aliphatic rings.